The number of nitrogens with one attached hydrogen (secondary N) is 2. The summed E-state index contributed by atoms with van der Waals surface area (Å²) in [5.74, 6) is 1.41. The maximum Gasteiger partial charge on any atom is 0.144 e. The van der Waals surface area contributed by atoms with Crippen LogP contribution in [0.4, 0.5) is 11.4 Å². The van der Waals surface area contributed by atoms with Crippen LogP contribution in [0.5, 0.6) is 5.75 Å². The molecule has 0 aliphatic heterocycles. The van der Waals surface area contributed by atoms with Crippen molar-refractivity contribution >= 4 is 22.3 Å². The van der Waals surface area contributed by atoms with E-state index in [1.165, 1.54) is 11.1 Å². The number of nitrogens with zero attached hydrogens (tertiary/aromatic N) is 2. The molecule has 5 nitrogen and oxygen atoms in total. The van der Waals surface area contributed by atoms with Gasteiger partial charge in [-0.15, -0.1) is 0 Å². The number of hydrogen-bond acceptors (Lipinski definition) is 3. The first-order chi connectivity index (χ1) is 13.5. The Bertz CT molecular complexity index is 1110. The van der Waals surface area contributed by atoms with Gasteiger partial charge in [0.05, 0.1) is 24.8 Å². The molecule has 0 spiro atoms. The minimum absolute atomic E-state index is 0.619. The second-order valence-electron chi connectivity index (χ2n) is 7.59. The van der Waals surface area contributed by atoms with Gasteiger partial charge in [0, 0.05) is 40.2 Å². The Kier molecular flexibility index (Phi) is 4.82. The minimum Gasteiger partial charge on any atom is -0.494 e. The summed E-state index contributed by atoms with van der Waals surface area (Å²) in [6.45, 7) is 6.45. The largest absolute Gasteiger partial charge is 0.494 e. The van der Waals surface area contributed by atoms with E-state index in [1.54, 1.807) is 13.4 Å². The van der Waals surface area contributed by atoms with Crippen LogP contribution < -0.4 is 10.1 Å². The van der Waals surface area contributed by atoms with Crippen LogP contribution in [-0.2, 0) is 6.42 Å². The average molecular weight is 374 g/mol. The van der Waals surface area contributed by atoms with Crippen LogP contribution in [0.3, 0.4) is 0 Å². The molecule has 4 rings (SSSR count). The van der Waals surface area contributed by atoms with E-state index in [9.17, 15) is 0 Å². The molecule has 0 fully saturated rings. The van der Waals surface area contributed by atoms with E-state index in [1.807, 2.05) is 29.8 Å². The van der Waals surface area contributed by atoms with Gasteiger partial charge >= 0.3 is 0 Å². The number of ether oxygens (including phenoxy) is 1. The molecule has 0 unspecified atom stereocenters. The van der Waals surface area contributed by atoms with Gasteiger partial charge in [0.15, 0.2) is 0 Å². The number of rotatable bonds is 6. The number of aromatic nitrogens is 3. The van der Waals surface area contributed by atoms with Crippen LogP contribution in [0.1, 0.15) is 25.2 Å². The molecule has 0 amide bonds. The summed E-state index contributed by atoms with van der Waals surface area (Å²) < 4.78 is 7.60. The van der Waals surface area contributed by atoms with Crippen molar-refractivity contribution in [1.29, 1.82) is 0 Å². The predicted molar refractivity (Wildman–Crippen MR) is 115 cm³/mol. The molecule has 0 aliphatic carbocycles. The number of methoxy groups -OCH3 is 1. The van der Waals surface area contributed by atoms with Crippen LogP contribution >= 0.6 is 0 Å². The average Bonchev–Trinajstić information content (AvgIpc) is 3.27. The fourth-order valence-corrected chi connectivity index (χ4v) is 3.55. The quantitative estimate of drug-likeness (QED) is 0.461. The summed E-state index contributed by atoms with van der Waals surface area (Å²) in [5, 5.41) is 4.75. The summed E-state index contributed by atoms with van der Waals surface area (Å²) >= 11 is 0. The second kappa shape index (κ2) is 7.43. The van der Waals surface area contributed by atoms with Gasteiger partial charge < -0.3 is 19.6 Å². The Morgan fingerprint density at radius 2 is 2.04 bits per heavy atom. The Hall–Kier alpha value is -3.21. The zero-order valence-corrected chi connectivity index (χ0v) is 16.8. The lowest BCUT2D eigenvalue weighted by molar-refractivity contribution is 0.413. The van der Waals surface area contributed by atoms with Gasteiger partial charge in [0.1, 0.15) is 5.75 Å². The molecular formula is C23H26N4O. The van der Waals surface area contributed by atoms with Gasteiger partial charge in [-0.05, 0) is 49.6 Å². The summed E-state index contributed by atoms with van der Waals surface area (Å²) in [6, 6.07) is 14.7. The van der Waals surface area contributed by atoms with Crippen molar-refractivity contribution in [2.24, 2.45) is 5.92 Å². The SMILES string of the molecule is COc1cc(Nc2cccc3[nH]c(CC(C)C)cc23)ccc1-n1cnc(C)c1. The highest BCUT2D eigenvalue weighted by Crippen LogP contribution is 2.32. The molecule has 5 heteroatoms. The molecule has 28 heavy (non-hydrogen) atoms. The van der Waals surface area contributed by atoms with Crippen molar-refractivity contribution in [3.63, 3.8) is 0 Å². The lowest BCUT2D eigenvalue weighted by Gasteiger charge is -2.13. The van der Waals surface area contributed by atoms with Crippen molar-refractivity contribution in [2.75, 3.05) is 12.4 Å². The van der Waals surface area contributed by atoms with Crippen molar-refractivity contribution in [2.45, 2.75) is 27.2 Å². The first-order valence-electron chi connectivity index (χ1n) is 9.60. The molecule has 0 saturated carbocycles. The molecule has 2 aromatic carbocycles. The number of fused-ring (bicyclic) bond motifs is 1. The third kappa shape index (κ3) is 3.60. The number of aryl methyl sites for hydroxylation is 1. The number of anilines is 2. The molecule has 0 saturated heterocycles. The van der Waals surface area contributed by atoms with Gasteiger partial charge in [-0.1, -0.05) is 19.9 Å². The van der Waals surface area contributed by atoms with Crippen LogP contribution in [0, 0.1) is 12.8 Å². The zero-order valence-electron chi connectivity index (χ0n) is 16.8. The van der Waals surface area contributed by atoms with E-state index in [4.69, 9.17) is 4.74 Å². The van der Waals surface area contributed by atoms with Crippen molar-refractivity contribution in [3.8, 4) is 11.4 Å². The Morgan fingerprint density at radius 1 is 1.18 bits per heavy atom. The third-order valence-corrected chi connectivity index (χ3v) is 4.80. The summed E-state index contributed by atoms with van der Waals surface area (Å²) in [5.41, 5.74) is 6.42. The van der Waals surface area contributed by atoms with E-state index >= 15 is 0 Å². The molecule has 0 atom stereocenters. The predicted octanol–water partition coefficient (Wildman–Crippen LogP) is 5.61. The lowest BCUT2D eigenvalue weighted by Crippen LogP contribution is -1.98. The fraction of sp³-hybridized carbons (Fsp3) is 0.261. The van der Waals surface area contributed by atoms with Gasteiger partial charge in [0.25, 0.3) is 0 Å². The highest BCUT2D eigenvalue weighted by Gasteiger charge is 2.10. The molecular weight excluding hydrogens is 348 g/mol. The van der Waals surface area contributed by atoms with Crippen molar-refractivity contribution < 1.29 is 4.74 Å². The van der Waals surface area contributed by atoms with Crippen LogP contribution in [0.25, 0.3) is 16.6 Å². The molecule has 144 valence electrons. The van der Waals surface area contributed by atoms with E-state index in [0.717, 1.165) is 40.4 Å². The van der Waals surface area contributed by atoms with E-state index < -0.39 is 0 Å². The number of aromatic amines is 1. The number of H-pyrrole nitrogens is 1. The fourth-order valence-electron chi connectivity index (χ4n) is 3.55. The van der Waals surface area contributed by atoms with Crippen LogP contribution in [-0.4, -0.2) is 21.6 Å². The first-order valence-corrected chi connectivity index (χ1v) is 9.60. The van der Waals surface area contributed by atoms with E-state index in [-0.39, 0.29) is 0 Å². The second-order valence-corrected chi connectivity index (χ2v) is 7.59. The Morgan fingerprint density at radius 3 is 2.75 bits per heavy atom. The maximum absolute atomic E-state index is 5.63. The van der Waals surface area contributed by atoms with Crippen LogP contribution in [0.15, 0.2) is 55.0 Å². The summed E-state index contributed by atoms with van der Waals surface area (Å²) in [4.78, 5) is 7.84. The van der Waals surface area contributed by atoms with E-state index in [0.29, 0.717) is 5.92 Å². The normalized spacial score (nSPS) is 11.3. The summed E-state index contributed by atoms with van der Waals surface area (Å²) in [6.07, 6.45) is 4.83. The Labute approximate surface area is 165 Å². The van der Waals surface area contributed by atoms with Gasteiger partial charge in [-0.2, -0.15) is 0 Å². The maximum atomic E-state index is 5.63. The standard InChI is InChI=1S/C23H26N4O/c1-15(2)10-18-11-19-20(6-5-7-21(19)26-18)25-17-8-9-22(23(12-17)28-4)27-13-16(3)24-14-27/h5-9,11-15,25-26H,10H2,1-4H3. The lowest BCUT2D eigenvalue weighted by atomic mass is 10.1. The number of imidazole rings is 1. The Balaban J connectivity index is 1.66. The van der Waals surface area contributed by atoms with Gasteiger partial charge in [-0.25, -0.2) is 4.98 Å². The number of hydrogen-bond donors (Lipinski definition) is 2. The van der Waals surface area contributed by atoms with Crippen molar-refractivity contribution in [3.05, 3.63) is 66.4 Å². The molecule has 4 aromatic rings. The third-order valence-electron chi connectivity index (χ3n) is 4.80. The highest BCUT2D eigenvalue weighted by molar-refractivity contribution is 5.94. The number of benzene rings is 2. The molecule has 2 aromatic heterocycles. The van der Waals surface area contributed by atoms with Gasteiger partial charge in [-0.3, -0.25) is 0 Å². The monoisotopic (exact) mass is 374 g/mol. The molecule has 0 bridgehead atoms. The highest BCUT2D eigenvalue weighted by atomic mass is 16.5. The van der Waals surface area contributed by atoms with Gasteiger partial charge in [0.2, 0.25) is 0 Å². The smallest absolute Gasteiger partial charge is 0.144 e. The van der Waals surface area contributed by atoms with Crippen molar-refractivity contribution in [1.82, 2.24) is 14.5 Å². The minimum atomic E-state index is 0.619. The van der Waals surface area contributed by atoms with E-state index in [2.05, 4.69) is 59.5 Å². The summed E-state index contributed by atoms with van der Waals surface area (Å²) in [7, 11) is 1.69. The molecule has 2 N–H and O–H groups in total. The van der Waals surface area contributed by atoms with Crippen LogP contribution in [0.2, 0.25) is 0 Å². The topological polar surface area (TPSA) is 54.9 Å². The molecule has 2 heterocycles. The zero-order chi connectivity index (χ0) is 19.7. The first kappa shape index (κ1) is 18.2. The molecule has 0 aliphatic rings. The molecule has 0 radical (unpaired) electrons.